The molecule has 2 aromatic rings. The maximum atomic E-state index is 12.4. The van der Waals surface area contributed by atoms with Crippen LogP contribution in [0.5, 0.6) is 0 Å². The normalized spacial score (nSPS) is 11.8. The van der Waals surface area contributed by atoms with Gasteiger partial charge in [0.05, 0.1) is 22.9 Å². The van der Waals surface area contributed by atoms with Gasteiger partial charge in [0.25, 0.3) is 11.6 Å². The number of anilines is 1. The highest BCUT2D eigenvalue weighted by atomic mass is 32.1. The Bertz CT molecular complexity index is 1010. The first kappa shape index (κ1) is 21.6. The van der Waals surface area contributed by atoms with Gasteiger partial charge < -0.3 is 9.84 Å². The molecule has 152 valence electrons. The van der Waals surface area contributed by atoms with Crippen molar-refractivity contribution in [1.29, 1.82) is 0 Å². The first-order chi connectivity index (χ1) is 13.7. The summed E-state index contributed by atoms with van der Waals surface area (Å²) < 4.78 is 4.91. The van der Waals surface area contributed by atoms with Crippen LogP contribution >= 0.6 is 11.3 Å². The Balaban J connectivity index is 2.20. The molecule has 29 heavy (non-hydrogen) atoms. The molecule has 0 bridgehead atoms. The molecule has 0 aliphatic heterocycles. The van der Waals surface area contributed by atoms with Crippen LogP contribution in [0.1, 0.15) is 29.2 Å². The van der Waals surface area contributed by atoms with E-state index < -0.39 is 28.3 Å². The topological polar surface area (TPSA) is 156 Å². The minimum Gasteiger partial charge on any atom is -0.510 e. The van der Waals surface area contributed by atoms with E-state index in [4.69, 9.17) is 4.74 Å². The Hall–Kier alpha value is -3.67. The van der Waals surface area contributed by atoms with Crippen LogP contribution < -0.4 is 5.32 Å². The number of azo groups is 1. The Labute approximate surface area is 168 Å². The number of carbonyl (C=O) groups is 2. The van der Waals surface area contributed by atoms with Crippen molar-refractivity contribution in [2.24, 2.45) is 10.2 Å². The zero-order valence-corrected chi connectivity index (χ0v) is 16.5. The molecule has 1 aromatic heterocycles. The minimum absolute atomic E-state index is 0.111. The van der Waals surface area contributed by atoms with E-state index in [0.29, 0.717) is 5.69 Å². The molecule has 0 aliphatic carbocycles. The molecule has 0 saturated heterocycles. The van der Waals surface area contributed by atoms with E-state index in [-0.39, 0.29) is 28.0 Å². The van der Waals surface area contributed by atoms with Gasteiger partial charge in [0, 0.05) is 12.1 Å². The predicted molar refractivity (Wildman–Crippen MR) is 104 cm³/mol. The zero-order valence-electron chi connectivity index (χ0n) is 15.7. The number of aliphatic hydroxyl groups is 1. The van der Waals surface area contributed by atoms with Crippen LogP contribution in [-0.2, 0) is 9.53 Å². The van der Waals surface area contributed by atoms with Crippen molar-refractivity contribution < 1.29 is 24.4 Å². The number of hydrogen-bond donors (Lipinski definition) is 2. The fourth-order valence-electron chi connectivity index (χ4n) is 2.05. The van der Waals surface area contributed by atoms with Crippen LogP contribution in [-0.4, -0.2) is 33.5 Å². The number of hydrogen-bond acceptors (Lipinski definition) is 10. The molecule has 0 aliphatic rings. The fraction of sp³-hybridized carbons (Fsp3) is 0.235. The number of nitrogens with zero attached hydrogens (tertiary/aromatic N) is 4. The van der Waals surface area contributed by atoms with Gasteiger partial charge in [-0.1, -0.05) is 17.4 Å². The average molecular weight is 419 g/mol. The van der Waals surface area contributed by atoms with E-state index in [0.717, 1.165) is 11.3 Å². The predicted octanol–water partition coefficient (Wildman–Crippen LogP) is 4.05. The van der Waals surface area contributed by atoms with Gasteiger partial charge in [-0.3, -0.25) is 20.2 Å². The molecule has 0 unspecified atom stereocenters. The van der Waals surface area contributed by atoms with E-state index in [1.807, 2.05) is 0 Å². The van der Waals surface area contributed by atoms with Crippen molar-refractivity contribution in [2.45, 2.75) is 20.8 Å². The lowest BCUT2D eigenvalue weighted by atomic mass is 10.3. The first-order valence-electron chi connectivity index (χ1n) is 8.24. The number of aliphatic hydroxyl groups excluding tert-OH is 1. The summed E-state index contributed by atoms with van der Waals surface area (Å²) in [5.41, 5.74) is -0.0994. The van der Waals surface area contributed by atoms with Gasteiger partial charge in [0.15, 0.2) is 10.8 Å². The Morgan fingerprint density at radius 1 is 1.41 bits per heavy atom. The van der Waals surface area contributed by atoms with Gasteiger partial charge in [0.2, 0.25) is 0 Å². The largest absolute Gasteiger partial charge is 0.510 e. The highest BCUT2D eigenvalue weighted by Crippen LogP contribution is 2.25. The van der Waals surface area contributed by atoms with Crippen molar-refractivity contribution in [2.75, 3.05) is 11.9 Å². The second kappa shape index (κ2) is 9.50. The van der Waals surface area contributed by atoms with Crippen molar-refractivity contribution in [1.82, 2.24) is 4.98 Å². The van der Waals surface area contributed by atoms with Crippen molar-refractivity contribution in [3.05, 3.63) is 56.4 Å². The molecule has 0 saturated carbocycles. The zero-order chi connectivity index (χ0) is 21.6. The van der Waals surface area contributed by atoms with Gasteiger partial charge in [-0.05, 0) is 26.8 Å². The highest BCUT2D eigenvalue weighted by molar-refractivity contribution is 7.17. The number of nitro benzene ring substituents is 1. The summed E-state index contributed by atoms with van der Waals surface area (Å²) in [5.74, 6) is -1.79. The maximum Gasteiger partial charge on any atom is 0.350 e. The van der Waals surface area contributed by atoms with E-state index in [1.165, 1.54) is 31.2 Å². The number of nitrogens with one attached hydrogen (secondary N) is 1. The number of carbonyl (C=O) groups excluding carboxylic acids is 2. The van der Waals surface area contributed by atoms with E-state index in [1.54, 1.807) is 13.8 Å². The molecule has 0 spiro atoms. The molecular weight excluding hydrogens is 402 g/mol. The van der Waals surface area contributed by atoms with E-state index >= 15 is 0 Å². The summed E-state index contributed by atoms with van der Waals surface area (Å²) in [6.45, 7) is 4.70. The second-order valence-electron chi connectivity index (χ2n) is 5.52. The summed E-state index contributed by atoms with van der Waals surface area (Å²) in [6.07, 6.45) is 0. The number of thiazole rings is 1. The van der Waals surface area contributed by atoms with Gasteiger partial charge in [-0.25, -0.2) is 9.78 Å². The third-order valence-electron chi connectivity index (χ3n) is 3.34. The lowest BCUT2D eigenvalue weighted by Gasteiger charge is -2.02. The van der Waals surface area contributed by atoms with Gasteiger partial charge in [-0.15, -0.1) is 10.2 Å². The minimum atomic E-state index is -0.816. The molecule has 2 N–H and O–H groups in total. The van der Waals surface area contributed by atoms with E-state index in [9.17, 15) is 24.8 Å². The number of allylic oxidation sites excluding steroid dienone is 1. The monoisotopic (exact) mass is 419 g/mol. The number of esters is 1. The molecule has 1 aromatic carbocycles. The number of aromatic nitrogens is 1. The Kier molecular flexibility index (Phi) is 7.09. The SMILES string of the molecule is CCOC(=O)c1sc(NC(=O)/C(N=Nc2cccc([N+](=O)[O-])c2)=C(/C)O)nc1C. The Morgan fingerprint density at radius 3 is 2.76 bits per heavy atom. The lowest BCUT2D eigenvalue weighted by Crippen LogP contribution is -2.14. The first-order valence-corrected chi connectivity index (χ1v) is 9.06. The summed E-state index contributed by atoms with van der Waals surface area (Å²) >= 11 is 0.916. The molecule has 12 heteroatoms. The third kappa shape index (κ3) is 5.65. The molecule has 11 nitrogen and oxygen atoms in total. The summed E-state index contributed by atoms with van der Waals surface area (Å²) in [5, 5.41) is 30.6. The molecule has 1 amide bonds. The molecule has 2 rings (SSSR count). The van der Waals surface area contributed by atoms with Crippen molar-refractivity contribution >= 4 is 39.7 Å². The van der Waals surface area contributed by atoms with Gasteiger partial charge >= 0.3 is 5.97 Å². The Morgan fingerprint density at radius 2 is 2.14 bits per heavy atom. The van der Waals surface area contributed by atoms with Gasteiger partial charge in [-0.2, -0.15) is 0 Å². The van der Waals surface area contributed by atoms with E-state index in [2.05, 4.69) is 20.5 Å². The summed E-state index contributed by atoms with van der Waals surface area (Å²) in [4.78, 5) is 38.8. The number of benzene rings is 1. The van der Waals surface area contributed by atoms with Crippen molar-refractivity contribution in [3.8, 4) is 0 Å². The molecule has 1 heterocycles. The number of non-ortho nitro benzene ring substituents is 1. The van der Waals surface area contributed by atoms with Crippen molar-refractivity contribution in [3.63, 3.8) is 0 Å². The van der Waals surface area contributed by atoms with Crippen LogP contribution in [0.15, 0.2) is 46.0 Å². The second-order valence-corrected chi connectivity index (χ2v) is 6.52. The standard InChI is InChI=1S/C17H17N5O6S/c1-4-28-16(25)14-9(2)18-17(29-14)19-15(24)13(10(3)23)21-20-11-6-5-7-12(8-11)22(26)27/h5-8,23H,4H2,1-3H3,(H,18,19,24)/b13-10+,21-20?. The van der Waals surface area contributed by atoms with Crippen LogP contribution in [0.3, 0.4) is 0 Å². The number of aryl methyl sites for hydroxylation is 1. The summed E-state index contributed by atoms with van der Waals surface area (Å²) in [7, 11) is 0. The molecule has 0 atom stereocenters. The number of amides is 1. The quantitative estimate of drug-likeness (QED) is 0.171. The maximum absolute atomic E-state index is 12.4. The third-order valence-corrected chi connectivity index (χ3v) is 4.39. The molecule has 0 fully saturated rings. The molecular formula is C17H17N5O6S. The van der Waals surface area contributed by atoms with Crippen LogP contribution in [0.4, 0.5) is 16.5 Å². The average Bonchev–Trinajstić information content (AvgIpc) is 3.02. The van der Waals surface area contributed by atoms with Crippen LogP contribution in [0.25, 0.3) is 0 Å². The van der Waals surface area contributed by atoms with Gasteiger partial charge in [0.1, 0.15) is 10.6 Å². The number of nitro groups is 1. The summed E-state index contributed by atoms with van der Waals surface area (Å²) in [6, 6.07) is 5.32. The lowest BCUT2D eigenvalue weighted by molar-refractivity contribution is -0.384. The fourth-order valence-corrected chi connectivity index (χ4v) is 2.91. The van der Waals surface area contributed by atoms with Crippen LogP contribution in [0, 0.1) is 17.0 Å². The number of ether oxygens (including phenoxy) is 1. The smallest absolute Gasteiger partial charge is 0.350 e. The van der Waals surface area contributed by atoms with Crippen LogP contribution in [0.2, 0.25) is 0 Å². The highest BCUT2D eigenvalue weighted by Gasteiger charge is 2.20. The number of rotatable bonds is 7. The molecule has 0 radical (unpaired) electrons.